The number of benzene rings is 1. The van der Waals surface area contributed by atoms with E-state index in [2.05, 4.69) is 10.2 Å². The van der Waals surface area contributed by atoms with Crippen LogP contribution < -0.4 is 5.56 Å². The molecule has 0 fully saturated rings. The van der Waals surface area contributed by atoms with Gasteiger partial charge in [0.1, 0.15) is 4.83 Å². The van der Waals surface area contributed by atoms with Gasteiger partial charge in [0, 0.05) is 12.0 Å². The topological polar surface area (TPSA) is 83.0 Å². The Morgan fingerprint density at radius 2 is 2.09 bits per heavy atom. The summed E-state index contributed by atoms with van der Waals surface area (Å²) in [4.78, 5) is 20.4. The van der Waals surface area contributed by atoms with Gasteiger partial charge >= 0.3 is 0 Å². The van der Waals surface area contributed by atoms with Gasteiger partial charge in [-0.1, -0.05) is 35.5 Å². The number of thioether (sulfide) groups is 1. The van der Waals surface area contributed by atoms with E-state index in [4.69, 9.17) is 25.7 Å². The maximum atomic E-state index is 13.4. The summed E-state index contributed by atoms with van der Waals surface area (Å²) in [5.74, 6) is 1.22. The molecule has 0 saturated heterocycles. The highest BCUT2D eigenvalue weighted by Gasteiger charge is 2.22. The molecule has 4 aromatic rings. The molecule has 10 heteroatoms. The number of hydrogen-bond donors (Lipinski definition) is 0. The van der Waals surface area contributed by atoms with Crippen molar-refractivity contribution in [3.05, 3.63) is 56.0 Å². The minimum Gasteiger partial charge on any atom is -0.420 e. The lowest BCUT2D eigenvalue weighted by atomic mass is 9.97. The van der Waals surface area contributed by atoms with Gasteiger partial charge in [0.05, 0.1) is 34.9 Å². The molecule has 166 valence electrons. The van der Waals surface area contributed by atoms with E-state index < -0.39 is 0 Å². The maximum absolute atomic E-state index is 13.4. The summed E-state index contributed by atoms with van der Waals surface area (Å²) in [6.45, 7) is 0.879. The number of hydrogen-bond acceptors (Lipinski definition) is 8. The number of thiophene rings is 1. The summed E-state index contributed by atoms with van der Waals surface area (Å²) < 4.78 is 12.8. The van der Waals surface area contributed by atoms with Crippen LogP contribution in [0, 0.1) is 0 Å². The highest BCUT2D eigenvalue weighted by atomic mass is 35.5. The Morgan fingerprint density at radius 3 is 2.94 bits per heavy atom. The van der Waals surface area contributed by atoms with Crippen LogP contribution in [0.1, 0.15) is 29.2 Å². The second kappa shape index (κ2) is 9.35. The predicted octanol–water partition coefficient (Wildman–Crippen LogP) is 4.98. The number of rotatable bonds is 7. The molecule has 3 aromatic heterocycles. The van der Waals surface area contributed by atoms with Crippen LogP contribution in [0.15, 0.2) is 38.6 Å². The number of ether oxygens (including phenoxy) is 1. The largest absolute Gasteiger partial charge is 0.420 e. The number of fused-ring (bicyclic) bond motifs is 3. The smallest absolute Gasteiger partial charge is 0.263 e. The Balaban J connectivity index is 1.46. The number of aryl methyl sites for hydroxylation is 2. The third-order valence-electron chi connectivity index (χ3n) is 5.45. The van der Waals surface area contributed by atoms with Gasteiger partial charge in [-0.2, -0.15) is 0 Å². The molecular formula is C22H21ClN4O3S2. The summed E-state index contributed by atoms with van der Waals surface area (Å²) in [5.41, 5.74) is 1.90. The molecule has 0 spiro atoms. The number of methoxy groups -OCH3 is 1. The predicted molar refractivity (Wildman–Crippen MR) is 127 cm³/mol. The van der Waals surface area contributed by atoms with Crippen molar-refractivity contribution >= 4 is 44.9 Å². The molecule has 1 aliphatic rings. The summed E-state index contributed by atoms with van der Waals surface area (Å²) in [5, 5.41) is 10.2. The van der Waals surface area contributed by atoms with Crippen molar-refractivity contribution in [3.63, 3.8) is 0 Å². The zero-order valence-electron chi connectivity index (χ0n) is 17.5. The fourth-order valence-electron chi connectivity index (χ4n) is 3.89. The van der Waals surface area contributed by atoms with E-state index in [-0.39, 0.29) is 5.56 Å². The molecule has 0 amide bonds. The van der Waals surface area contributed by atoms with Crippen LogP contribution in [0.2, 0.25) is 5.02 Å². The molecule has 0 N–H and O–H groups in total. The van der Waals surface area contributed by atoms with Crippen LogP contribution >= 0.6 is 34.7 Å². The summed E-state index contributed by atoms with van der Waals surface area (Å²) in [6, 6.07) is 7.34. The van der Waals surface area contributed by atoms with E-state index in [0.29, 0.717) is 46.4 Å². The standard InChI is InChI=1S/C22H21ClN4O3S2/c1-29-11-10-27-21(28)18-14-7-3-5-9-16(14)32-20(18)24-22(27)31-12-17-25-26-19(30-17)13-6-2-4-8-15(13)23/h2,4,6,8H,3,5,7,9-12H2,1H3. The van der Waals surface area contributed by atoms with E-state index in [0.717, 1.165) is 29.5 Å². The SMILES string of the molecule is COCCn1c(SCc2nnc(-c3ccccc3Cl)o2)nc2sc3c(c2c1=O)CCCC3. The van der Waals surface area contributed by atoms with Gasteiger partial charge in [-0.25, -0.2) is 4.98 Å². The van der Waals surface area contributed by atoms with Crippen LogP contribution in [0.4, 0.5) is 0 Å². The highest BCUT2D eigenvalue weighted by molar-refractivity contribution is 7.98. The first kappa shape index (κ1) is 21.6. The molecule has 1 aliphatic carbocycles. The van der Waals surface area contributed by atoms with Crippen LogP contribution in [-0.2, 0) is 29.9 Å². The summed E-state index contributed by atoms with van der Waals surface area (Å²) in [7, 11) is 1.63. The number of nitrogens with zero attached hydrogens (tertiary/aromatic N) is 4. The average molecular weight is 489 g/mol. The van der Waals surface area contributed by atoms with Crippen molar-refractivity contribution in [3.8, 4) is 11.5 Å². The monoisotopic (exact) mass is 488 g/mol. The summed E-state index contributed by atoms with van der Waals surface area (Å²) in [6.07, 6.45) is 4.28. The maximum Gasteiger partial charge on any atom is 0.263 e. The number of aromatic nitrogens is 4. The van der Waals surface area contributed by atoms with Gasteiger partial charge < -0.3 is 9.15 Å². The molecule has 0 aliphatic heterocycles. The van der Waals surface area contributed by atoms with Gasteiger partial charge in [0.15, 0.2) is 5.16 Å². The third kappa shape index (κ3) is 4.10. The summed E-state index contributed by atoms with van der Waals surface area (Å²) >= 11 is 9.30. The molecule has 7 nitrogen and oxygen atoms in total. The van der Waals surface area contributed by atoms with Crippen LogP contribution in [-0.4, -0.2) is 33.5 Å². The van der Waals surface area contributed by atoms with Crippen molar-refractivity contribution in [2.75, 3.05) is 13.7 Å². The Bertz CT molecular complexity index is 1330. The van der Waals surface area contributed by atoms with Crippen molar-refractivity contribution in [1.29, 1.82) is 0 Å². The lowest BCUT2D eigenvalue weighted by Gasteiger charge is -2.12. The van der Waals surface area contributed by atoms with Crippen molar-refractivity contribution < 1.29 is 9.15 Å². The molecule has 0 unspecified atom stereocenters. The molecule has 0 radical (unpaired) electrons. The van der Waals surface area contributed by atoms with E-state index in [9.17, 15) is 4.79 Å². The lowest BCUT2D eigenvalue weighted by Crippen LogP contribution is -2.25. The Morgan fingerprint density at radius 1 is 1.25 bits per heavy atom. The fraction of sp³-hybridized carbons (Fsp3) is 0.364. The van der Waals surface area contributed by atoms with E-state index in [1.54, 1.807) is 29.1 Å². The molecule has 3 heterocycles. The quantitative estimate of drug-likeness (QED) is 0.268. The van der Waals surface area contributed by atoms with Gasteiger partial charge in [-0.05, 0) is 43.4 Å². The first-order valence-corrected chi connectivity index (χ1v) is 12.6. The third-order valence-corrected chi connectivity index (χ3v) is 7.93. The molecule has 32 heavy (non-hydrogen) atoms. The van der Waals surface area contributed by atoms with E-state index in [1.807, 2.05) is 18.2 Å². The van der Waals surface area contributed by atoms with Crippen molar-refractivity contribution in [1.82, 2.24) is 19.7 Å². The minimum atomic E-state index is 0.0104. The van der Waals surface area contributed by atoms with Crippen LogP contribution in [0.3, 0.4) is 0 Å². The van der Waals surface area contributed by atoms with Gasteiger partial charge in [-0.15, -0.1) is 21.5 Å². The number of halogens is 1. The second-order valence-electron chi connectivity index (χ2n) is 7.50. The van der Waals surface area contributed by atoms with Crippen LogP contribution in [0.25, 0.3) is 21.7 Å². The second-order valence-corrected chi connectivity index (χ2v) is 9.94. The Hall–Kier alpha value is -2.20. The molecule has 5 rings (SSSR count). The van der Waals surface area contributed by atoms with E-state index >= 15 is 0 Å². The van der Waals surface area contributed by atoms with Crippen molar-refractivity contribution in [2.24, 2.45) is 0 Å². The fourth-order valence-corrected chi connectivity index (χ4v) is 6.27. The normalized spacial score (nSPS) is 13.6. The van der Waals surface area contributed by atoms with Crippen LogP contribution in [0.5, 0.6) is 0 Å². The molecule has 0 bridgehead atoms. The first-order valence-electron chi connectivity index (χ1n) is 10.4. The highest BCUT2D eigenvalue weighted by Crippen LogP contribution is 2.35. The molecule has 0 atom stereocenters. The van der Waals surface area contributed by atoms with Crippen molar-refractivity contribution in [2.45, 2.75) is 43.1 Å². The first-order chi connectivity index (χ1) is 15.7. The van der Waals surface area contributed by atoms with Gasteiger partial charge in [-0.3, -0.25) is 9.36 Å². The lowest BCUT2D eigenvalue weighted by molar-refractivity contribution is 0.183. The Labute approximate surface area is 197 Å². The van der Waals surface area contributed by atoms with Gasteiger partial charge in [0.25, 0.3) is 5.56 Å². The van der Waals surface area contributed by atoms with E-state index in [1.165, 1.54) is 28.6 Å². The van der Waals surface area contributed by atoms with Gasteiger partial charge in [0.2, 0.25) is 11.8 Å². The zero-order valence-corrected chi connectivity index (χ0v) is 19.9. The zero-order chi connectivity index (χ0) is 22.1. The molecular weight excluding hydrogens is 468 g/mol. The molecule has 1 aromatic carbocycles. The molecule has 0 saturated carbocycles. The average Bonchev–Trinajstić information content (AvgIpc) is 3.42. The minimum absolute atomic E-state index is 0.0104. The Kier molecular flexibility index (Phi) is 6.32.